The molecule has 128 valence electrons. The number of aryl methyl sites for hydroxylation is 1. The second-order valence-electron chi connectivity index (χ2n) is 6.57. The van der Waals surface area contributed by atoms with Crippen LogP contribution in [0.15, 0.2) is 34.9 Å². The zero-order chi connectivity index (χ0) is 17.1. The highest BCUT2D eigenvalue weighted by Crippen LogP contribution is 2.28. The molecule has 3 rings (SSSR count). The van der Waals surface area contributed by atoms with E-state index in [0.717, 1.165) is 24.9 Å². The minimum absolute atomic E-state index is 0.135. The first-order valence-corrected chi connectivity index (χ1v) is 8.36. The number of rotatable bonds is 4. The van der Waals surface area contributed by atoms with Crippen molar-refractivity contribution in [3.8, 4) is 0 Å². The number of likely N-dealkylation sites (N-methyl/N-ethyl adjacent to an activating group) is 1. The first-order valence-electron chi connectivity index (χ1n) is 8.36. The maximum Gasteiger partial charge on any atom is 0.244 e. The summed E-state index contributed by atoms with van der Waals surface area (Å²) in [7, 11) is 3.89. The van der Waals surface area contributed by atoms with Crippen LogP contribution in [0.4, 0.5) is 0 Å². The van der Waals surface area contributed by atoms with Gasteiger partial charge in [0.25, 0.3) is 0 Å². The number of carbonyl (C=O) groups is 1. The molecule has 2 atom stereocenters. The Morgan fingerprint density at radius 3 is 2.71 bits per heavy atom. The third-order valence-corrected chi connectivity index (χ3v) is 4.51. The van der Waals surface area contributed by atoms with Gasteiger partial charge in [-0.25, -0.2) is 0 Å². The highest BCUT2D eigenvalue weighted by molar-refractivity contribution is 5.83. The van der Waals surface area contributed by atoms with Crippen molar-refractivity contribution in [2.45, 2.75) is 31.7 Å². The highest BCUT2D eigenvalue weighted by Gasteiger charge is 2.33. The fourth-order valence-corrected chi connectivity index (χ4v) is 3.34. The van der Waals surface area contributed by atoms with Gasteiger partial charge in [-0.3, -0.25) is 9.69 Å². The molecule has 2 unspecified atom stereocenters. The van der Waals surface area contributed by atoms with Crippen molar-refractivity contribution >= 4 is 5.91 Å². The molecule has 1 aromatic heterocycles. The fourth-order valence-electron chi connectivity index (χ4n) is 3.34. The lowest BCUT2D eigenvalue weighted by Gasteiger charge is -2.35. The normalized spacial score (nSPS) is 19.5. The van der Waals surface area contributed by atoms with E-state index >= 15 is 0 Å². The van der Waals surface area contributed by atoms with Gasteiger partial charge in [0, 0.05) is 25.9 Å². The van der Waals surface area contributed by atoms with Crippen molar-refractivity contribution in [2.75, 3.05) is 27.2 Å². The van der Waals surface area contributed by atoms with E-state index in [9.17, 15) is 4.79 Å². The van der Waals surface area contributed by atoms with E-state index in [0.29, 0.717) is 18.3 Å². The second-order valence-corrected chi connectivity index (χ2v) is 6.57. The van der Waals surface area contributed by atoms with Crippen LogP contribution in [0, 0.1) is 6.92 Å². The van der Waals surface area contributed by atoms with Gasteiger partial charge in [-0.05, 0) is 32.5 Å². The Labute approximate surface area is 142 Å². The van der Waals surface area contributed by atoms with Crippen LogP contribution < -0.4 is 0 Å². The SMILES string of the molecule is Cc1nc(C2CCCN(C(=O)C(c3ccccc3)N(C)C)C2)no1. The zero-order valence-electron chi connectivity index (χ0n) is 14.5. The van der Waals surface area contributed by atoms with Gasteiger partial charge >= 0.3 is 0 Å². The molecular formula is C18H24N4O2. The van der Waals surface area contributed by atoms with Gasteiger partial charge in [-0.1, -0.05) is 35.5 Å². The van der Waals surface area contributed by atoms with Crippen LogP contribution >= 0.6 is 0 Å². The number of hydrogen-bond donors (Lipinski definition) is 0. The van der Waals surface area contributed by atoms with Crippen molar-refractivity contribution in [3.63, 3.8) is 0 Å². The van der Waals surface area contributed by atoms with Crippen LogP contribution in [0.3, 0.4) is 0 Å². The molecule has 1 aliphatic rings. The molecule has 6 nitrogen and oxygen atoms in total. The van der Waals surface area contributed by atoms with Gasteiger partial charge in [-0.15, -0.1) is 0 Å². The lowest BCUT2D eigenvalue weighted by Crippen LogP contribution is -2.45. The number of nitrogens with zero attached hydrogens (tertiary/aromatic N) is 4. The van der Waals surface area contributed by atoms with E-state index in [1.807, 2.05) is 54.2 Å². The predicted octanol–water partition coefficient (Wildman–Crippen LogP) is 2.39. The molecule has 6 heteroatoms. The third-order valence-electron chi connectivity index (χ3n) is 4.51. The number of benzene rings is 1. The van der Waals surface area contributed by atoms with Crippen LogP contribution in [-0.4, -0.2) is 53.0 Å². The van der Waals surface area contributed by atoms with E-state index in [-0.39, 0.29) is 17.9 Å². The number of aromatic nitrogens is 2. The third kappa shape index (κ3) is 3.48. The molecule has 2 heterocycles. The monoisotopic (exact) mass is 328 g/mol. The maximum atomic E-state index is 13.1. The second kappa shape index (κ2) is 7.13. The number of likely N-dealkylation sites (tertiary alicyclic amines) is 1. The van der Waals surface area contributed by atoms with Gasteiger partial charge < -0.3 is 9.42 Å². The standard InChI is InChI=1S/C18H24N4O2/c1-13-19-17(20-24-13)15-10-7-11-22(12-15)18(23)16(21(2)3)14-8-5-4-6-9-14/h4-6,8-9,15-16H,7,10-12H2,1-3H3. The predicted molar refractivity (Wildman–Crippen MR) is 90.5 cm³/mol. The molecule has 0 radical (unpaired) electrons. The lowest BCUT2D eigenvalue weighted by atomic mass is 9.95. The van der Waals surface area contributed by atoms with Crippen molar-refractivity contribution in [2.24, 2.45) is 0 Å². The number of carbonyl (C=O) groups excluding carboxylic acids is 1. The molecule has 1 saturated heterocycles. The molecule has 0 aliphatic carbocycles. The van der Waals surface area contributed by atoms with Crippen LogP contribution in [0.5, 0.6) is 0 Å². The molecule has 0 saturated carbocycles. The molecular weight excluding hydrogens is 304 g/mol. The number of piperidine rings is 1. The van der Waals surface area contributed by atoms with Crippen LogP contribution in [-0.2, 0) is 4.79 Å². The molecule has 0 bridgehead atoms. The first-order chi connectivity index (χ1) is 11.6. The molecule has 0 spiro atoms. The Hall–Kier alpha value is -2.21. The minimum Gasteiger partial charge on any atom is -0.340 e. The number of amides is 1. The highest BCUT2D eigenvalue weighted by atomic mass is 16.5. The Balaban J connectivity index is 1.77. The zero-order valence-corrected chi connectivity index (χ0v) is 14.5. The summed E-state index contributed by atoms with van der Waals surface area (Å²) in [6.45, 7) is 3.22. The molecule has 2 aromatic rings. The van der Waals surface area contributed by atoms with Gasteiger partial charge in [-0.2, -0.15) is 4.98 Å². The first kappa shape index (κ1) is 16.6. The van der Waals surface area contributed by atoms with Gasteiger partial charge in [0.2, 0.25) is 11.8 Å². The van der Waals surface area contributed by atoms with Crippen molar-refractivity contribution < 1.29 is 9.32 Å². The molecule has 1 amide bonds. The van der Waals surface area contributed by atoms with E-state index in [2.05, 4.69) is 10.1 Å². The van der Waals surface area contributed by atoms with Gasteiger partial charge in [0.05, 0.1) is 0 Å². The average molecular weight is 328 g/mol. The lowest BCUT2D eigenvalue weighted by molar-refractivity contribution is -0.137. The summed E-state index contributed by atoms with van der Waals surface area (Å²) < 4.78 is 5.10. The summed E-state index contributed by atoms with van der Waals surface area (Å²) in [6, 6.07) is 9.66. The average Bonchev–Trinajstić information content (AvgIpc) is 3.02. The fraction of sp³-hybridized carbons (Fsp3) is 0.500. The van der Waals surface area contributed by atoms with E-state index in [1.54, 1.807) is 6.92 Å². The molecule has 0 N–H and O–H groups in total. The maximum absolute atomic E-state index is 13.1. The van der Waals surface area contributed by atoms with Crippen LogP contribution in [0.2, 0.25) is 0 Å². The summed E-state index contributed by atoms with van der Waals surface area (Å²) >= 11 is 0. The van der Waals surface area contributed by atoms with E-state index in [1.165, 1.54) is 0 Å². The van der Waals surface area contributed by atoms with Crippen molar-refractivity contribution in [1.82, 2.24) is 19.9 Å². The Morgan fingerprint density at radius 2 is 2.08 bits per heavy atom. The van der Waals surface area contributed by atoms with Crippen molar-refractivity contribution in [3.05, 3.63) is 47.6 Å². The molecule has 1 aromatic carbocycles. The number of hydrogen-bond acceptors (Lipinski definition) is 5. The van der Waals surface area contributed by atoms with Crippen LogP contribution in [0.25, 0.3) is 0 Å². The molecule has 1 fully saturated rings. The minimum atomic E-state index is -0.267. The van der Waals surface area contributed by atoms with Gasteiger partial charge in [0.1, 0.15) is 6.04 Å². The quantitative estimate of drug-likeness (QED) is 0.862. The summed E-state index contributed by atoms with van der Waals surface area (Å²) in [4.78, 5) is 21.4. The van der Waals surface area contributed by atoms with E-state index < -0.39 is 0 Å². The summed E-state index contributed by atoms with van der Waals surface area (Å²) in [5.74, 6) is 1.57. The topological polar surface area (TPSA) is 62.5 Å². The Bertz CT molecular complexity index is 683. The summed E-state index contributed by atoms with van der Waals surface area (Å²) in [5, 5.41) is 4.04. The Morgan fingerprint density at radius 1 is 1.33 bits per heavy atom. The van der Waals surface area contributed by atoms with Gasteiger partial charge in [0.15, 0.2) is 5.82 Å². The smallest absolute Gasteiger partial charge is 0.244 e. The van der Waals surface area contributed by atoms with Crippen LogP contribution in [0.1, 0.15) is 42.1 Å². The molecule has 24 heavy (non-hydrogen) atoms. The largest absolute Gasteiger partial charge is 0.340 e. The van der Waals surface area contributed by atoms with Crippen molar-refractivity contribution in [1.29, 1.82) is 0 Å². The molecule has 1 aliphatic heterocycles. The summed E-state index contributed by atoms with van der Waals surface area (Å²) in [5.41, 5.74) is 1.02. The summed E-state index contributed by atoms with van der Waals surface area (Å²) in [6.07, 6.45) is 1.94. The van der Waals surface area contributed by atoms with E-state index in [4.69, 9.17) is 4.52 Å². The Kier molecular flexibility index (Phi) is 4.94.